The van der Waals surface area contributed by atoms with Crippen LogP contribution in [0.4, 0.5) is 0 Å². The van der Waals surface area contributed by atoms with Crippen LogP contribution in [0.5, 0.6) is 0 Å². The molecule has 20 heavy (non-hydrogen) atoms. The Kier molecular flexibility index (Phi) is 5.77. The molecule has 0 aromatic heterocycles. The van der Waals surface area contributed by atoms with Crippen LogP contribution in [0.1, 0.15) is 23.7 Å². The number of aliphatic hydroxyl groups is 1. The topological polar surface area (TPSA) is 23.5 Å². The molecule has 0 saturated heterocycles. The summed E-state index contributed by atoms with van der Waals surface area (Å²) >= 11 is 3.48. The summed E-state index contributed by atoms with van der Waals surface area (Å²) in [6.45, 7) is 1.76. The third-order valence-corrected chi connectivity index (χ3v) is 4.07. The van der Waals surface area contributed by atoms with Crippen LogP contribution in [-0.4, -0.2) is 23.6 Å². The molecule has 106 valence electrons. The van der Waals surface area contributed by atoms with Gasteiger partial charge in [0.05, 0.1) is 6.10 Å². The van der Waals surface area contributed by atoms with E-state index < -0.39 is 6.10 Å². The van der Waals surface area contributed by atoms with Gasteiger partial charge in [0.1, 0.15) is 0 Å². The van der Waals surface area contributed by atoms with Gasteiger partial charge in [-0.05, 0) is 30.7 Å². The molecule has 0 saturated carbocycles. The molecule has 1 unspecified atom stereocenters. The summed E-state index contributed by atoms with van der Waals surface area (Å²) in [6, 6.07) is 18.2. The first kappa shape index (κ1) is 15.2. The number of nitrogens with zero attached hydrogens (tertiary/aromatic N) is 1. The third kappa shape index (κ3) is 4.44. The van der Waals surface area contributed by atoms with Gasteiger partial charge < -0.3 is 10.0 Å². The van der Waals surface area contributed by atoms with E-state index in [-0.39, 0.29) is 0 Å². The van der Waals surface area contributed by atoms with Gasteiger partial charge in [-0.15, -0.1) is 0 Å². The van der Waals surface area contributed by atoms with Crippen LogP contribution in [0, 0.1) is 0 Å². The number of hydrogen-bond donors (Lipinski definition) is 1. The molecule has 2 aromatic carbocycles. The first-order valence-electron chi connectivity index (χ1n) is 6.82. The van der Waals surface area contributed by atoms with Gasteiger partial charge in [-0.3, -0.25) is 0 Å². The number of hydrogen-bond acceptors (Lipinski definition) is 2. The molecule has 0 aliphatic rings. The molecule has 3 heteroatoms. The van der Waals surface area contributed by atoms with Gasteiger partial charge in [0.25, 0.3) is 0 Å². The van der Waals surface area contributed by atoms with Crippen LogP contribution >= 0.6 is 15.9 Å². The van der Waals surface area contributed by atoms with E-state index in [4.69, 9.17) is 0 Å². The highest BCUT2D eigenvalue weighted by atomic mass is 79.9. The van der Waals surface area contributed by atoms with Crippen molar-refractivity contribution in [3.8, 4) is 0 Å². The fraction of sp³-hybridized carbons (Fsp3) is 0.294. The van der Waals surface area contributed by atoms with E-state index in [1.165, 1.54) is 5.56 Å². The van der Waals surface area contributed by atoms with Gasteiger partial charge in [-0.25, -0.2) is 0 Å². The molecule has 1 atom stereocenters. The van der Waals surface area contributed by atoms with Gasteiger partial charge >= 0.3 is 0 Å². The van der Waals surface area contributed by atoms with Gasteiger partial charge in [0.15, 0.2) is 0 Å². The van der Waals surface area contributed by atoms with E-state index in [9.17, 15) is 5.11 Å². The van der Waals surface area contributed by atoms with Gasteiger partial charge in [0.2, 0.25) is 0 Å². The second-order valence-corrected chi connectivity index (χ2v) is 5.90. The van der Waals surface area contributed by atoms with E-state index in [1.54, 1.807) is 0 Å². The minimum atomic E-state index is -0.427. The predicted molar refractivity (Wildman–Crippen MR) is 86.5 cm³/mol. The smallest absolute Gasteiger partial charge is 0.0813 e. The van der Waals surface area contributed by atoms with Crippen molar-refractivity contribution in [2.45, 2.75) is 19.1 Å². The SMILES string of the molecule is CN(CCC(O)c1ccccc1Br)Cc1ccccc1. The molecule has 2 nitrogen and oxygen atoms in total. The lowest BCUT2D eigenvalue weighted by atomic mass is 10.1. The minimum absolute atomic E-state index is 0.427. The standard InChI is InChI=1S/C17H20BrNO/c1-19(13-14-7-3-2-4-8-14)12-11-17(20)15-9-5-6-10-16(15)18/h2-10,17,20H,11-13H2,1H3. The van der Waals surface area contributed by atoms with Crippen molar-refractivity contribution in [1.29, 1.82) is 0 Å². The minimum Gasteiger partial charge on any atom is -0.388 e. The van der Waals surface area contributed by atoms with Crippen molar-refractivity contribution in [3.05, 3.63) is 70.2 Å². The maximum absolute atomic E-state index is 10.3. The summed E-state index contributed by atoms with van der Waals surface area (Å²) in [5.41, 5.74) is 2.26. The summed E-state index contributed by atoms with van der Waals surface area (Å²) in [5.74, 6) is 0. The quantitative estimate of drug-likeness (QED) is 0.863. The maximum Gasteiger partial charge on any atom is 0.0813 e. The van der Waals surface area contributed by atoms with Gasteiger partial charge in [0, 0.05) is 17.6 Å². The Morgan fingerprint density at radius 3 is 2.40 bits per heavy atom. The molecule has 0 heterocycles. The van der Waals surface area contributed by atoms with Crippen LogP contribution in [0.25, 0.3) is 0 Å². The average molecular weight is 334 g/mol. The van der Waals surface area contributed by atoms with Crippen molar-refractivity contribution < 1.29 is 5.11 Å². The van der Waals surface area contributed by atoms with Crippen LogP contribution in [0.3, 0.4) is 0 Å². The molecule has 2 aromatic rings. The van der Waals surface area contributed by atoms with E-state index in [1.807, 2.05) is 30.3 Å². The van der Waals surface area contributed by atoms with Gasteiger partial charge in [-0.1, -0.05) is 64.5 Å². The molecule has 1 N–H and O–H groups in total. The molecule has 0 aliphatic heterocycles. The summed E-state index contributed by atoms with van der Waals surface area (Å²) in [6.07, 6.45) is 0.301. The first-order chi connectivity index (χ1) is 9.66. The molecule has 0 fully saturated rings. The highest BCUT2D eigenvalue weighted by Crippen LogP contribution is 2.25. The summed E-state index contributed by atoms with van der Waals surface area (Å²) in [7, 11) is 2.08. The van der Waals surface area contributed by atoms with Crippen LogP contribution in [0.2, 0.25) is 0 Å². The Morgan fingerprint density at radius 1 is 1.05 bits per heavy atom. The molecule has 0 radical (unpaired) electrons. The predicted octanol–water partition coefficient (Wildman–Crippen LogP) is 4.00. The Hall–Kier alpha value is -1.16. The van der Waals surface area contributed by atoms with E-state index in [0.717, 1.165) is 29.5 Å². The fourth-order valence-electron chi connectivity index (χ4n) is 2.22. The lowest BCUT2D eigenvalue weighted by Gasteiger charge is -2.19. The second kappa shape index (κ2) is 7.58. The average Bonchev–Trinajstić information content (AvgIpc) is 2.46. The molecule has 0 bridgehead atoms. The summed E-state index contributed by atoms with van der Waals surface area (Å²) < 4.78 is 0.971. The Labute approximate surface area is 129 Å². The van der Waals surface area contributed by atoms with Crippen LogP contribution in [-0.2, 0) is 6.54 Å². The summed E-state index contributed by atoms with van der Waals surface area (Å²) in [4.78, 5) is 2.23. The molecule has 0 amide bonds. The van der Waals surface area contributed by atoms with E-state index in [0.29, 0.717) is 0 Å². The second-order valence-electron chi connectivity index (χ2n) is 5.05. The highest BCUT2D eigenvalue weighted by molar-refractivity contribution is 9.10. The lowest BCUT2D eigenvalue weighted by molar-refractivity contribution is 0.147. The van der Waals surface area contributed by atoms with Crippen molar-refractivity contribution in [3.63, 3.8) is 0 Å². The molecule has 2 rings (SSSR count). The van der Waals surface area contributed by atoms with Crippen LogP contribution in [0.15, 0.2) is 59.1 Å². The molecular weight excluding hydrogens is 314 g/mol. The highest BCUT2D eigenvalue weighted by Gasteiger charge is 2.11. The van der Waals surface area contributed by atoms with Crippen molar-refractivity contribution in [1.82, 2.24) is 4.90 Å². The Morgan fingerprint density at radius 2 is 1.70 bits per heavy atom. The molecular formula is C17H20BrNO. The van der Waals surface area contributed by atoms with Crippen molar-refractivity contribution in [2.24, 2.45) is 0 Å². The number of halogens is 1. The zero-order valence-electron chi connectivity index (χ0n) is 11.7. The largest absolute Gasteiger partial charge is 0.388 e. The third-order valence-electron chi connectivity index (χ3n) is 3.34. The van der Waals surface area contributed by atoms with Crippen molar-refractivity contribution in [2.75, 3.05) is 13.6 Å². The van der Waals surface area contributed by atoms with Crippen molar-refractivity contribution >= 4 is 15.9 Å². The number of benzene rings is 2. The number of rotatable bonds is 6. The van der Waals surface area contributed by atoms with E-state index in [2.05, 4.69) is 52.1 Å². The first-order valence-corrected chi connectivity index (χ1v) is 7.61. The summed E-state index contributed by atoms with van der Waals surface area (Å²) in [5, 5.41) is 10.3. The normalized spacial score (nSPS) is 12.6. The van der Waals surface area contributed by atoms with E-state index >= 15 is 0 Å². The molecule has 0 aliphatic carbocycles. The maximum atomic E-state index is 10.3. The lowest BCUT2D eigenvalue weighted by Crippen LogP contribution is -2.21. The Balaban J connectivity index is 1.84. The monoisotopic (exact) mass is 333 g/mol. The Bertz CT molecular complexity index is 530. The van der Waals surface area contributed by atoms with Crippen LogP contribution < -0.4 is 0 Å². The van der Waals surface area contributed by atoms with Gasteiger partial charge in [-0.2, -0.15) is 0 Å². The fourth-order valence-corrected chi connectivity index (χ4v) is 2.77. The zero-order chi connectivity index (χ0) is 14.4. The zero-order valence-corrected chi connectivity index (χ0v) is 13.3. The molecule has 0 spiro atoms. The number of aliphatic hydroxyl groups excluding tert-OH is 1.